The summed E-state index contributed by atoms with van der Waals surface area (Å²) in [5.41, 5.74) is -0.502. The number of ether oxygens (including phenoxy) is 1. The maximum atomic E-state index is 11.0. The van der Waals surface area contributed by atoms with Crippen molar-refractivity contribution in [3.63, 3.8) is 0 Å². The summed E-state index contributed by atoms with van der Waals surface area (Å²) < 4.78 is 27.1. The van der Waals surface area contributed by atoms with Crippen molar-refractivity contribution < 1.29 is 13.2 Å². The Morgan fingerprint density at radius 3 is 2.70 bits per heavy atom. The van der Waals surface area contributed by atoms with Gasteiger partial charge in [0.05, 0.1) is 5.75 Å². The second-order valence-electron chi connectivity index (χ2n) is 2.39. The molecule has 1 rings (SSSR count). The third-order valence-electron chi connectivity index (χ3n) is 1.62. The lowest BCUT2D eigenvalue weighted by Gasteiger charge is -2.07. The molecule has 0 radical (unpaired) electrons. The predicted octanol–water partition coefficient (Wildman–Crippen LogP) is 0.558. The molecule has 10 heavy (non-hydrogen) atoms. The highest BCUT2D eigenvalue weighted by Gasteiger charge is 2.31. The highest BCUT2D eigenvalue weighted by molar-refractivity contribution is 7.92. The highest BCUT2D eigenvalue weighted by atomic mass is 32.2. The summed E-state index contributed by atoms with van der Waals surface area (Å²) in [6.45, 7) is 2.30. The Balaban J connectivity index is 2.60. The molecule has 1 aliphatic heterocycles. The third-order valence-corrected chi connectivity index (χ3v) is 3.65. The van der Waals surface area contributed by atoms with Crippen LogP contribution >= 0.6 is 0 Å². The summed E-state index contributed by atoms with van der Waals surface area (Å²) in [4.78, 5) is 0. The van der Waals surface area contributed by atoms with Gasteiger partial charge in [0.15, 0.2) is 15.3 Å². The summed E-state index contributed by atoms with van der Waals surface area (Å²) in [6.07, 6.45) is 1.43. The average Bonchev–Trinajstić information content (AvgIpc) is 2.13. The molecule has 0 aromatic rings. The molecule has 0 aromatic carbocycles. The largest absolute Gasteiger partial charge is 0.363 e. The zero-order valence-electron chi connectivity index (χ0n) is 6.04. The van der Waals surface area contributed by atoms with E-state index in [2.05, 4.69) is 0 Å². The molecule has 4 heteroatoms. The lowest BCUT2D eigenvalue weighted by atomic mass is 10.4. The van der Waals surface area contributed by atoms with Crippen molar-refractivity contribution in [3.05, 3.63) is 0 Å². The van der Waals surface area contributed by atoms with Crippen LogP contribution in [0.4, 0.5) is 0 Å². The van der Waals surface area contributed by atoms with Crippen molar-refractivity contribution in [2.75, 3.05) is 12.4 Å². The summed E-state index contributed by atoms with van der Waals surface area (Å²) in [7, 11) is -2.87. The van der Waals surface area contributed by atoms with Crippen molar-refractivity contribution in [1.29, 1.82) is 0 Å². The lowest BCUT2D eigenvalue weighted by Crippen LogP contribution is -2.19. The van der Waals surface area contributed by atoms with Gasteiger partial charge in [-0.1, -0.05) is 0 Å². The molecule has 0 amide bonds. The molecular formula is C6H12O3S. The Labute approximate surface area is 61.3 Å². The number of hydrogen-bond acceptors (Lipinski definition) is 3. The quantitative estimate of drug-likeness (QED) is 0.599. The first-order valence-corrected chi connectivity index (χ1v) is 5.21. The van der Waals surface area contributed by atoms with E-state index in [0.717, 1.165) is 6.42 Å². The monoisotopic (exact) mass is 164 g/mol. The van der Waals surface area contributed by atoms with Crippen molar-refractivity contribution in [3.8, 4) is 0 Å². The normalized spacial score (nSPS) is 30.7. The first-order chi connectivity index (χ1) is 4.67. The molecule has 3 nitrogen and oxygen atoms in total. The van der Waals surface area contributed by atoms with Gasteiger partial charge in [-0.3, -0.25) is 0 Å². The summed E-state index contributed by atoms with van der Waals surface area (Å²) in [5, 5.41) is 0. The molecule has 1 saturated heterocycles. The minimum Gasteiger partial charge on any atom is -0.363 e. The van der Waals surface area contributed by atoms with Crippen LogP contribution in [-0.4, -0.2) is 26.2 Å². The Hall–Kier alpha value is -0.0900. The predicted molar refractivity (Wildman–Crippen MR) is 38.4 cm³/mol. The summed E-state index contributed by atoms with van der Waals surface area (Å²) in [6, 6.07) is 0. The van der Waals surface area contributed by atoms with Crippen LogP contribution < -0.4 is 0 Å². The smallest absolute Gasteiger partial charge is 0.177 e. The molecule has 0 spiro atoms. The van der Waals surface area contributed by atoms with E-state index >= 15 is 0 Å². The molecule has 0 aliphatic carbocycles. The van der Waals surface area contributed by atoms with E-state index in [4.69, 9.17) is 4.74 Å². The van der Waals surface area contributed by atoms with Gasteiger partial charge in [0.1, 0.15) is 0 Å². The van der Waals surface area contributed by atoms with Gasteiger partial charge in [-0.25, -0.2) is 8.42 Å². The molecule has 0 saturated carbocycles. The minimum absolute atomic E-state index is 0.303. The lowest BCUT2D eigenvalue weighted by molar-refractivity contribution is 0.117. The molecule has 1 atom stereocenters. The first kappa shape index (κ1) is 8.01. The van der Waals surface area contributed by atoms with E-state index in [9.17, 15) is 8.42 Å². The van der Waals surface area contributed by atoms with Gasteiger partial charge in [-0.15, -0.1) is 0 Å². The Kier molecular flexibility index (Phi) is 2.31. The van der Waals surface area contributed by atoms with E-state index in [-0.39, 0.29) is 0 Å². The van der Waals surface area contributed by atoms with Crippen molar-refractivity contribution >= 4 is 9.84 Å². The molecule has 1 aliphatic rings. The van der Waals surface area contributed by atoms with Crippen LogP contribution in [0, 0.1) is 0 Å². The van der Waals surface area contributed by atoms with Crippen LogP contribution in [0.1, 0.15) is 19.8 Å². The fraction of sp³-hybridized carbons (Fsp3) is 1.00. The Morgan fingerprint density at radius 2 is 2.30 bits per heavy atom. The van der Waals surface area contributed by atoms with E-state index in [1.54, 1.807) is 0 Å². The van der Waals surface area contributed by atoms with Gasteiger partial charge in [-0.2, -0.15) is 0 Å². The highest BCUT2D eigenvalue weighted by Crippen LogP contribution is 2.20. The van der Waals surface area contributed by atoms with Crippen LogP contribution in [0.15, 0.2) is 0 Å². The zero-order valence-corrected chi connectivity index (χ0v) is 6.86. The van der Waals surface area contributed by atoms with E-state index in [0.29, 0.717) is 18.8 Å². The number of rotatable bonds is 2. The topological polar surface area (TPSA) is 43.4 Å². The van der Waals surface area contributed by atoms with Crippen LogP contribution in [0.2, 0.25) is 0 Å². The third kappa shape index (κ3) is 1.49. The molecule has 60 valence electrons. The van der Waals surface area contributed by atoms with E-state index in [1.807, 2.05) is 6.92 Å². The van der Waals surface area contributed by atoms with Crippen molar-refractivity contribution in [1.82, 2.24) is 0 Å². The number of hydrogen-bond donors (Lipinski definition) is 0. The maximum Gasteiger partial charge on any atom is 0.177 e. The molecule has 0 bridgehead atoms. The molecule has 1 heterocycles. The van der Waals surface area contributed by atoms with Gasteiger partial charge in [0.25, 0.3) is 0 Å². The molecule has 0 aromatic heterocycles. The van der Waals surface area contributed by atoms with Gasteiger partial charge < -0.3 is 4.74 Å². The van der Waals surface area contributed by atoms with Gasteiger partial charge in [0.2, 0.25) is 0 Å². The Morgan fingerprint density at radius 1 is 1.60 bits per heavy atom. The van der Waals surface area contributed by atoms with Crippen molar-refractivity contribution in [2.24, 2.45) is 0 Å². The van der Waals surface area contributed by atoms with Gasteiger partial charge in [0, 0.05) is 6.61 Å². The molecular weight excluding hydrogens is 152 g/mol. The summed E-state index contributed by atoms with van der Waals surface area (Å²) in [5.74, 6) is 0.303. The van der Waals surface area contributed by atoms with Crippen LogP contribution in [0.25, 0.3) is 0 Å². The maximum absolute atomic E-state index is 11.0. The van der Waals surface area contributed by atoms with Gasteiger partial charge in [-0.05, 0) is 19.8 Å². The van der Waals surface area contributed by atoms with Crippen molar-refractivity contribution in [2.45, 2.75) is 25.2 Å². The molecule has 1 unspecified atom stereocenters. The average molecular weight is 164 g/mol. The molecule has 0 N–H and O–H groups in total. The van der Waals surface area contributed by atoms with Crippen LogP contribution in [0.5, 0.6) is 0 Å². The van der Waals surface area contributed by atoms with Crippen LogP contribution in [-0.2, 0) is 14.6 Å². The SMILES string of the molecule is CCOC1CCCS1(=O)=O. The standard InChI is InChI=1S/C6H12O3S/c1-2-9-6-4-3-5-10(6,7)8/h6H,2-5H2,1H3. The van der Waals surface area contributed by atoms with Crippen LogP contribution in [0.3, 0.4) is 0 Å². The minimum atomic E-state index is -2.87. The zero-order chi connectivity index (χ0) is 7.61. The second-order valence-corrected chi connectivity index (χ2v) is 4.65. The second kappa shape index (κ2) is 2.88. The van der Waals surface area contributed by atoms with Gasteiger partial charge >= 0.3 is 0 Å². The fourth-order valence-electron chi connectivity index (χ4n) is 1.14. The fourth-order valence-corrected chi connectivity index (χ4v) is 2.84. The molecule has 1 fully saturated rings. The number of sulfone groups is 1. The summed E-state index contributed by atoms with van der Waals surface area (Å²) >= 11 is 0. The Bertz CT molecular complexity index is 195. The first-order valence-electron chi connectivity index (χ1n) is 3.50. The van der Waals surface area contributed by atoms with E-state index < -0.39 is 15.3 Å². The van der Waals surface area contributed by atoms with E-state index in [1.165, 1.54) is 0 Å².